The van der Waals surface area contributed by atoms with E-state index in [2.05, 4.69) is 17.9 Å². The van der Waals surface area contributed by atoms with Crippen LogP contribution in [0.1, 0.15) is 18.9 Å². The molecule has 1 unspecified atom stereocenters. The summed E-state index contributed by atoms with van der Waals surface area (Å²) in [6, 6.07) is 13.8. The summed E-state index contributed by atoms with van der Waals surface area (Å²) in [4.78, 5) is 2.31. The lowest BCUT2D eigenvalue weighted by atomic mass is 10.1. The van der Waals surface area contributed by atoms with Crippen LogP contribution in [-0.2, 0) is 6.54 Å². The third-order valence-electron chi connectivity index (χ3n) is 3.82. The van der Waals surface area contributed by atoms with Gasteiger partial charge in [-0.3, -0.25) is 0 Å². The molecule has 3 rings (SSSR count). The van der Waals surface area contributed by atoms with Crippen molar-refractivity contribution in [1.82, 2.24) is 0 Å². The van der Waals surface area contributed by atoms with Gasteiger partial charge in [0.25, 0.3) is 0 Å². The molecule has 2 N–H and O–H groups in total. The molecule has 110 valence electrons. The molecule has 2 aromatic carbocycles. The molecule has 0 spiro atoms. The Morgan fingerprint density at radius 1 is 1.29 bits per heavy atom. The summed E-state index contributed by atoms with van der Waals surface area (Å²) in [7, 11) is 0. The third kappa shape index (κ3) is 2.93. The zero-order valence-electron chi connectivity index (χ0n) is 12.1. The zero-order chi connectivity index (χ0) is 14.8. The number of nitrogens with two attached hydrogens (primary N) is 1. The first-order valence-electron chi connectivity index (χ1n) is 7.22. The Kier molecular flexibility index (Phi) is 3.93. The van der Waals surface area contributed by atoms with Gasteiger partial charge >= 0.3 is 0 Å². The van der Waals surface area contributed by atoms with Crippen molar-refractivity contribution in [2.45, 2.75) is 26.0 Å². The van der Waals surface area contributed by atoms with Gasteiger partial charge in [-0.1, -0.05) is 36.7 Å². The lowest BCUT2D eigenvalue weighted by Gasteiger charge is -2.36. The van der Waals surface area contributed by atoms with Crippen LogP contribution in [0.25, 0.3) is 0 Å². The molecule has 1 atom stereocenters. The number of rotatable bonds is 3. The molecule has 1 aliphatic rings. The smallest absolute Gasteiger partial charge is 0.145 e. The second-order valence-electron chi connectivity index (χ2n) is 5.35. The van der Waals surface area contributed by atoms with E-state index in [1.54, 1.807) is 0 Å². The molecule has 0 fully saturated rings. The minimum absolute atomic E-state index is 0.182. The van der Waals surface area contributed by atoms with Crippen molar-refractivity contribution in [3.63, 3.8) is 0 Å². The fourth-order valence-corrected chi connectivity index (χ4v) is 2.84. The Morgan fingerprint density at radius 3 is 2.86 bits per heavy atom. The van der Waals surface area contributed by atoms with E-state index in [1.165, 1.54) is 0 Å². The quantitative estimate of drug-likeness (QED) is 0.868. The highest BCUT2D eigenvalue weighted by molar-refractivity contribution is 6.31. The van der Waals surface area contributed by atoms with E-state index < -0.39 is 0 Å². The number of fused-ring (bicyclic) bond motifs is 1. The zero-order valence-corrected chi connectivity index (χ0v) is 12.8. The SMILES string of the molecule is CCC1CN(Cc2ccccc2Cl)c2ccc(N)cc2O1. The Bertz CT molecular complexity index is 644. The van der Waals surface area contributed by atoms with Crippen molar-refractivity contribution in [1.29, 1.82) is 0 Å². The van der Waals surface area contributed by atoms with Crippen molar-refractivity contribution in [2.75, 3.05) is 17.2 Å². The lowest BCUT2D eigenvalue weighted by molar-refractivity contribution is 0.189. The molecule has 0 radical (unpaired) electrons. The summed E-state index contributed by atoms with van der Waals surface area (Å²) in [5.41, 5.74) is 8.80. The highest BCUT2D eigenvalue weighted by Gasteiger charge is 2.25. The van der Waals surface area contributed by atoms with Gasteiger partial charge < -0.3 is 15.4 Å². The number of anilines is 2. The Labute approximate surface area is 130 Å². The van der Waals surface area contributed by atoms with Crippen LogP contribution in [0.5, 0.6) is 5.75 Å². The van der Waals surface area contributed by atoms with Crippen molar-refractivity contribution in [2.24, 2.45) is 0 Å². The van der Waals surface area contributed by atoms with Crippen molar-refractivity contribution >= 4 is 23.0 Å². The molecule has 1 heterocycles. The van der Waals surface area contributed by atoms with Crippen molar-refractivity contribution in [3.8, 4) is 5.75 Å². The summed E-state index contributed by atoms with van der Waals surface area (Å²) in [5.74, 6) is 0.861. The van der Waals surface area contributed by atoms with Crippen LogP contribution in [-0.4, -0.2) is 12.6 Å². The minimum Gasteiger partial charge on any atom is -0.486 e. The molecule has 0 saturated carbocycles. The third-order valence-corrected chi connectivity index (χ3v) is 4.19. The molecule has 0 amide bonds. The van der Waals surface area contributed by atoms with Crippen LogP contribution in [0.2, 0.25) is 5.02 Å². The van der Waals surface area contributed by atoms with Gasteiger partial charge in [-0.15, -0.1) is 0 Å². The fraction of sp³-hybridized carbons (Fsp3) is 0.294. The van der Waals surface area contributed by atoms with Gasteiger partial charge in [-0.2, -0.15) is 0 Å². The van der Waals surface area contributed by atoms with E-state index in [-0.39, 0.29) is 6.10 Å². The first-order chi connectivity index (χ1) is 10.2. The average molecular weight is 303 g/mol. The number of halogens is 1. The molecule has 0 aliphatic carbocycles. The van der Waals surface area contributed by atoms with Crippen LogP contribution in [0.4, 0.5) is 11.4 Å². The summed E-state index contributed by atoms with van der Waals surface area (Å²) < 4.78 is 6.01. The van der Waals surface area contributed by atoms with Crippen LogP contribution in [0.3, 0.4) is 0 Å². The molecular formula is C17H19ClN2O. The largest absolute Gasteiger partial charge is 0.486 e. The van der Waals surface area contributed by atoms with E-state index >= 15 is 0 Å². The standard InChI is InChI=1S/C17H19ClN2O/c1-2-14-11-20(10-12-5-3-4-6-15(12)18)16-8-7-13(19)9-17(16)21-14/h3-9,14H,2,10-11,19H2,1H3. The van der Waals surface area contributed by atoms with Gasteiger partial charge in [-0.05, 0) is 30.2 Å². The summed E-state index contributed by atoms with van der Waals surface area (Å²) in [6.07, 6.45) is 1.15. The van der Waals surface area contributed by atoms with Crippen molar-refractivity contribution < 1.29 is 4.74 Å². The molecule has 1 aliphatic heterocycles. The van der Waals surface area contributed by atoms with Gasteiger partial charge in [0, 0.05) is 23.3 Å². The summed E-state index contributed by atoms with van der Waals surface area (Å²) in [5, 5.41) is 0.800. The molecule has 2 aromatic rings. The van der Waals surface area contributed by atoms with Gasteiger partial charge in [0.15, 0.2) is 0 Å². The second-order valence-corrected chi connectivity index (χ2v) is 5.75. The van der Waals surface area contributed by atoms with Gasteiger partial charge in [-0.25, -0.2) is 0 Å². The topological polar surface area (TPSA) is 38.5 Å². The molecule has 0 aromatic heterocycles. The highest BCUT2D eigenvalue weighted by Crippen LogP contribution is 2.37. The molecule has 21 heavy (non-hydrogen) atoms. The van der Waals surface area contributed by atoms with E-state index in [0.29, 0.717) is 0 Å². The van der Waals surface area contributed by atoms with Crippen molar-refractivity contribution in [3.05, 3.63) is 53.1 Å². The molecule has 4 heteroatoms. The molecule has 0 bridgehead atoms. The minimum atomic E-state index is 0.182. The number of nitrogens with zero attached hydrogens (tertiary/aromatic N) is 1. The van der Waals surface area contributed by atoms with Crippen LogP contribution < -0.4 is 15.4 Å². The number of benzene rings is 2. The maximum atomic E-state index is 6.29. The Hall–Kier alpha value is -1.87. The maximum absolute atomic E-state index is 6.29. The maximum Gasteiger partial charge on any atom is 0.145 e. The van der Waals surface area contributed by atoms with E-state index in [4.69, 9.17) is 22.1 Å². The van der Waals surface area contributed by atoms with E-state index in [0.717, 1.165) is 47.2 Å². The van der Waals surface area contributed by atoms with Crippen LogP contribution in [0.15, 0.2) is 42.5 Å². The number of hydrogen-bond acceptors (Lipinski definition) is 3. The lowest BCUT2D eigenvalue weighted by Crippen LogP contribution is -2.39. The number of hydrogen-bond donors (Lipinski definition) is 1. The predicted octanol–water partition coefficient (Wildman–Crippen LogP) is 4.10. The summed E-state index contributed by atoms with van der Waals surface area (Å²) >= 11 is 6.29. The van der Waals surface area contributed by atoms with Gasteiger partial charge in [0.2, 0.25) is 0 Å². The van der Waals surface area contributed by atoms with E-state index in [9.17, 15) is 0 Å². The predicted molar refractivity (Wildman–Crippen MR) is 88.1 cm³/mol. The Morgan fingerprint density at radius 2 is 2.10 bits per heavy atom. The van der Waals surface area contributed by atoms with Crippen LogP contribution in [0, 0.1) is 0 Å². The normalized spacial score (nSPS) is 17.2. The molecule has 0 saturated heterocycles. The van der Waals surface area contributed by atoms with E-state index in [1.807, 2.05) is 36.4 Å². The summed E-state index contributed by atoms with van der Waals surface area (Å²) in [6.45, 7) is 3.77. The first kappa shape index (κ1) is 14.1. The monoisotopic (exact) mass is 302 g/mol. The molecular weight excluding hydrogens is 284 g/mol. The fourth-order valence-electron chi connectivity index (χ4n) is 2.64. The second kappa shape index (κ2) is 5.86. The number of ether oxygens (including phenoxy) is 1. The Balaban J connectivity index is 1.93. The molecule has 3 nitrogen and oxygen atoms in total. The highest BCUT2D eigenvalue weighted by atomic mass is 35.5. The van der Waals surface area contributed by atoms with Gasteiger partial charge in [0.1, 0.15) is 11.9 Å². The first-order valence-corrected chi connectivity index (χ1v) is 7.59. The van der Waals surface area contributed by atoms with Crippen LogP contribution >= 0.6 is 11.6 Å². The average Bonchev–Trinajstić information content (AvgIpc) is 2.48. The number of nitrogen functional groups attached to an aromatic ring is 1. The van der Waals surface area contributed by atoms with Gasteiger partial charge in [0.05, 0.1) is 12.2 Å².